The molecule has 8 heteroatoms. The maximum absolute atomic E-state index is 12.8. The lowest BCUT2D eigenvalue weighted by Crippen LogP contribution is -2.11. The average molecular weight is 425 g/mol. The van der Waals surface area contributed by atoms with Crippen molar-refractivity contribution in [2.75, 3.05) is 17.7 Å². The largest absolute Gasteiger partial charge is 0.494 e. The summed E-state index contributed by atoms with van der Waals surface area (Å²) in [6.45, 7) is 6.48. The maximum atomic E-state index is 12.8. The molecule has 6 nitrogen and oxygen atoms in total. The van der Waals surface area contributed by atoms with Crippen molar-refractivity contribution in [3.05, 3.63) is 51.8 Å². The number of amides is 1. The molecule has 0 spiro atoms. The Morgan fingerprint density at radius 1 is 1.21 bits per heavy atom. The minimum Gasteiger partial charge on any atom is -0.494 e. The molecule has 4 rings (SSSR count). The van der Waals surface area contributed by atoms with Crippen molar-refractivity contribution in [2.45, 2.75) is 20.8 Å². The smallest absolute Gasteiger partial charge is 0.269 e. The van der Waals surface area contributed by atoms with Gasteiger partial charge >= 0.3 is 0 Å². The first kappa shape index (κ1) is 19.4. The van der Waals surface area contributed by atoms with Gasteiger partial charge in [0.1, 0.15) is 15.5 Å². The zero-order chi connectivity index (χ0) is 20.5. The van der Waals surface area contributed by atoms with E-state index >= 15 is 0 Å². The molecule has 1 amide bonds. The first-order valence-corrected chi connectivity index (χ1v) is 10.8. The molecule has 3 heterocycles. The molecule has 0 saturated heterocycles. The van der Waals surface area contributed by atoms with Gasteiger partial charge in [0, 0.05) is 22.0 Å². The van der Waals surface area contributed by atoms with Crippen molar-refractivity contribution >= 4 is 49.6 Å². The summed E-state index contributed by atoms with van der Waals surface area (Å²) in [7, 11) is 0. The van der Waals surface area contributed by atoms with Crippen molar-refractivity contribution in [2.24, 2.45) is 0 Å². The van der Waals surface area contributed by atoms with Crippen LogP contribution < -0.4 is 15.8 Å². The summed E-state index contributed by atoms with van der Waals surface area (Å²) >= 11 is 2.68. The van der Waals surface area contributed by atoms with Crippen LogP contribution in [0.5, 0.6) is 5.75 Å². The molecule has 3 N–H and O–H groups in total. The predicted molar refractivity (Wildman–Crippen MR) is 120 cm³/mol. The Morgan fingerprint density at radius 2 is 1.97 bits per heavy atom. The van der Waals surface area contributed by atoms with E-state index in [9.17, 15) is 4.79 Å². The number of rotatable bonds is 5. The maximum Gasteiger partial charge on any atom is 0.269 e. The van der Waals surface area contributed by atoms with Crippen molar-refractivity contribution in [1.29, 1.82) is 0 Å². The van der Waals surface area contributed by atoms with E-state index in [2.05, 4.69) is 15.3 Å². The van der Waals surface area contributed by atoms with Gasteiger partial charge in [-0.1, -0.05) is 0 Å². The van der Waals surface area contributed by atoms with Crippen LogP contribution in [0.3, 0.4) is 0 Å². The van der Waals surface area contributed by atoms with Crippen molar-refractivity contribution in [3.8, 4) is 17.0 Å². The number of nitrogens with two attached hydrogens (primary N) is 1. The van der Waals surface area contributed by atoms with Crippen LogP contribution in [0.15, 0.2) is 35.7 Å². The van der Waals surface area contributed by atoms with Crippen LogP contribution in [0.2, 0.25) is 0 Å². The number of aromatic nitrogens is 2. The number of hydrogen-bond donors (Lipinski definition) is 2. The van der Waals surface area contributed by atoms with E-state index < -0.39 is 0 Å². The molecule has 0 aliphatic heterocycles. The molecule has 0 fully saturated rings. The van der Waals surface area contributed by atoms with Gasteiger partial charge in [-0.25, -0.2) is 9.97 Å². The second-order valence-corrected chi connectivity index (χ2v) is 8.41. The van der Waals surface area contributed by atoms with Gasteiger partial charge in [0.2, 0.25) is 0 Å². The summed E-state index contributed by atoms with van der Waals surface area (Å²) in [5.41, 5.74) is 10.4. The molecule has 29 heavy (non-hydrogen) atoms. The van der Waals surface area contributed by atoms with Crippen molar-refractivity contribution < 1.29 is 9.53 Å². The Kier molecular flexibility index (Phi) is 5.21. The summed E-state index contributed by atoms with van der Waals surface area (Å²) in [5, 5.41) is 6.15. The molecule has 0 saturated carbocycles. The van der Waals surface area contributed by atoms with E-state index in [0.717, 1.165) is 38.5 Å². The second kappa shape index (κ2) is 7.81. The third-order valence-corrected chi connectivity index (χ3v) is 6.27. The van der Waals surface area contributed by atoms with Gasteiger partial charge in [0.25, 0.3) is 5.91 Å². The average Bonchev–Trinajstić information content (AvgIpc) is 3.27. The van der Waals surface area contributed by atoms with E-state index in [1.54, 1.807) is 0 Å². The third kappa shape index (κ3) is 3.81. The highest BCUT2D eigenvalue weighted by atomic mass is 32.1. The van der Waals surface area contributed by atoms with Crippen LogP contribution in [0.25, 0.3) is 21.5 Å². The summed E-state index contributed by atoms with van der Waals surface area (Å²) in [5.74, 6) is 0.550. The van der Waals surface area contributed by atoms with Gasteiger partial charge in [-0.2, -0.15) is 0 Å². The molecule has 148 valence electrons. The zero-order valence-corrected chi connectivity index (χ0v) is 17.9. The van der Waals surface area contributed by atoms with Gasteiger partial charge in [0.15, 0.2) is 5.13 Å². The standard InChI is InChI=1S/C21H20N4O2S2/c1-4-27-14-7-5-13(6-8-14)15-10-28-21(24-15)25-19(26)18-17(22)16-11(2)9-12(3)23-20(16)29-18/h5-10H,4,22H2,1-3H3,(H,24,25,26). The summed E-state index contributed by atoms with van der Waals surface area (Å²) < 4.78 is 5.46. The topological polar surface area (TPSA) is 90.1 Å². The Hall–Kier alpha value is -2.97. The Bertz CT molecular complexity index is 1200. The molecule has 0 radical (unpaired) electrons. The Balaban J connectivity index is 1.56. The lowest BCUT2D eigenvalue weighted by atomic mass is 10.1. The molecule has 0 aliphatic rings. The van der Waals surface area contributed by atoms with E-state index in [0.29, 0.717) is 22.3 Å². The molecular weight excluding hydrogens is 404 g/mol. The first-order chi connectivity index (χ1) is 14.0. The monoisotopic (exact) mass is 424 g/mol. The van der Waals surface area contributed by atoms with Crippen LogP contribution in [0.4, 0.5) is 10.8 Å². The fraction of sp³-hybridized carbons (Fsp3) is 0.190. The van der Waals surface area contributed by atoms with E-state index in [1.165, 1.54) is 22.7 Å². The number of ether oxygens (including phenoxy) is 1. The molecular formula is C21H20N4O2S2. The second-order valence-electron chi connectivity index (χ2n) is 6.55. The zero-order valence-electron chi connectivity index (χ0n) is 16.3. The lowest BCUT2D eigenvalue weighted by molar-refractivity contribution is 0.103. The molecule has 0 bridgehead atoms. The molecule has 0 unspecified atom stereocenters. The number of nitrogens with one attached hydrogen (secondary N) is 1. The highest BCUT2D eigenvalue weighted by molar-refractivity contribution is 7.21. The normalized spacial score (nSPS) is 11.0. The minimum atomic E-state index is -0.268. The lowest BCUT2D eigenvalue weighted by Gasteiger charge is -2.03. The highest BCUT2D eigenvalue weighted by Gasteiger charge is 2.20. The summed E-state index contributed by atoms with van der Waals surface area (Å²) in [4.78, 5) is 23.1. The number of anilines is 2. The van der Waals surface area contributed by atoms with Crippen LogP contribution in [0, 0.1) is 13.8 Å². The number of carbonyl (C=O) groups is 1. The van der Waals surface area contributed by atoms with Crippen molar-refractivity contribution in [3.63, 3.8) is 0 Å². The number of nitrogen functional groups attached to an aromatic ring is 1. The summed E-state index contributed by atoms with van der Waals surface area (Å²) in [6, 6.07) is 9.69. The SMILES string of the molecule is CCOc1ccc(-c2csc(NC(=O)c3sc4nc(C)cc(C)c4c3N)n2)cc1. The van der Waals surface area contributed by atoms with Gasteiger partial charge < -0.3 is 10.5 Å². The summed E-state index contributed by atoms with van der Waals surface area (Å²) in [6.07, 6.45) is 0. The predicted octanol–water partition coefficient (Wildman–Crippen LogP) is 5.27. The van der Waals surface area contributed by atoms with Gasteiger partial charge in [-0.05, 0) is 56.7 Å². The number of hydrogen-bond acceptors (Lipinski definition) is 7. The van der Waals surface area contributed by atoms with Gasteiger partial charge in [-0.3, -0.25) is 10.1 Å². The number of aryl methyl sites for hydroxylation is 2. The van der Waals surface area contributed by atoms with E-state index in [-0.39, 0.29) is 5.91 Å². The number of nitrogens with zero attached hydrogens (tertiary/aromatic N) is 2. The Labute approximate surface area is 176 Å². The van der Waals surface area contributed by atoms with Crippen molar-refractivity contribution in [1.82, 2.24) is 9.97 Å². The number of thiophene rings is 1. The number of thiazole rings is 1. The first-order valence-electron chi connectivity index (χ1n) is 9.12. The van der Waals surface area contributed by atoms with E-state index in [4.69, 9.17) is 10.5 Å². The molecule has 4 aromatic rings. The highest BCUT2D eigenvalue weighted by Crippen LogP contribution is 2.36. The quantitative estimate of drug-likeness (QED) is 0.455. The van der Waals surface area contributed by atoms with Gasteiger partial charge in [0.05, 0.1) is 18.0 Å². The fourth-order valence-corrected chi connectivity index (χ4v) is 4.97. The van der Waals surface area contributed by atoms with Crippen LogP contribution >= 0.6 is 22.7 Å². The van der Waals surface area contributed by atoms with Gasteiger partial charge in [-0.15, -0.1) is 22.7 Å². The number of pyridine rings is 1. The molecule has 0 atom stereocenters. The molecule has 0 aliphatic carbocycles. The van der Waals surface area contributed by atoms with Crippen LogP contribution in [-0.4, -0.2) is 22.5 Å². The number of carbonyl (C=O) groups excluding carboxylic acids is 1. The Morgan fingerprint density at radius 3 is 2.69 bits per heavy atom. The number of benzene rings is 1. The molecule has 3 aromatic heterocycles. The molecule has 1 aromatic carbocycles. The number of fused-ring (bicyclic) bond motifs is 1. The van der Waals surface area contributed by atoms with Crippen LogP contribution in [-0.2, 0) is 0 Å². The third-order valence-electron chi connectivity index (χ3n) is 4.42. The minimum absolute atomic E-state index is 0.268. The van der Waals surface area contributed by atoms with Crippen LogP contribution in [0.1, 0.15) is 27.9 Å². The van der Waals surface area contributed by atoms with E-state index in [1.807, 2.05) is 56.5 Å². The fourth-order valence-electron chi connectivity index (χ4n) is 3.14.